The first-order valence-corrected chi connectivity index (χ1v) is 3.89. The smallest absolute Gasteiger partial charge is 0.346 e. The molecule has 0 aromatic heterocycles. The SMILES string of the molecule is N#C/C(=C\c1ccc([O-])c(O)c1)C(=O)O. The maximum Gasteiger partial charge on any atom is 0.346 e. The summed E-state index contributed by atoms with van der Waals surface area (Å²) in [5.41, 5.74) is -0.181. The van der Waals surface area contributed by atoms with E-state index < -0.39 is 23.0 Å². The number of rotatable bonds is 2. The van der Waals surface area contributed by atoms with Gasteiger partial charge in [0.1, 0.15) is 17.4 Å². The fourth-order valence-corrected chi connectivity index (χ4v) is 0.933. The van der Waals surface area contributed by atoms with Crippen LogP contribution in [0.5, 0.6) is 11.5 Å². The number of phenolic OH excluding ortho intramolecular Hbond substituents is 1. The second kappa shape index (κ2) is 4.15. The number of nitrogens with zero attached hydrogens (tertiary/aromatic N) is 1. The second-order valence-corrected chi connectivity index (χ2v) is 2.70. The zero-order valence-electron chi connectivity index (χ0n) is 7.47. The van der Waals surface area contributed by atoms with Crippen LogP contribution in [0.25, 0.3) is 6.08 Å². The van der Waals surface area contributed by atoms with Gasteiger partial charge in [-0.3, -0.25) is 0 Å². The van der Waals surface area contributed by atoms with Crippen LogP contribution in [0.15, 0.2) is 23.8 Å². The largest absolute Gasteiger partial charge is 0.870 e. The van der Waals surface area contributed by atoms with Crippen LogP contribution in [0.3, 0.4) is 0 Å². The van der Waals surface area contributed by atoms with E-state index in [1.807, 2.05) is 0 Å². The van der Waals surface area contributed by atoms with Gasteiger partial charge in [0.2, 0.25) is 0 Å². The molecular formula is C10H6NO4-. The van der Waals surface area contributed by atoms with Gasteiger partial charge in [-0.05, 0) is 17.7 Å². The topological polar surface area (TPSA) is 104 Å². The van der Waals surface area contributed by atoms with E-state index in [9.17, 15) is 9.90 Å². The van der Waals surface area contributed by atoms with Crippen molar-refractivity contribution in [1.29, 1.82) is 5.26 Å². The molecule has 0 amide bonds. The van der Waals surface area contributed by atoms with Crippen molar-refractivity contribution in [2.24, 2.45) is 0 Å². The Balaban J connectivity index is 3.14. The number of benzene rings is 1. The Labute approximate surface area is 85.1 Å². The molecule has 0 aliphatic rings. The first-order chi connectivity index (χ1) is 7.04. The molecule has 0 aliphatic heterocycles. The van der Waals surface area contributed by atoms with Crippen LogP contribution in [0.1, 0.15) is 5.56 Å². The number of carbonyl (C=O) groups is 1. The Hall–Kier alpha value is -2.48. The van der Waals surface area contributed by atoms with Crippen molar-refractivity contribution in [2.75, 3.05) is 0 Å². The molecule has 0 fully saturated rings. The van der Waals surface area contributed by atoms with Crippen LogP contribution >= 0.6 is 0 Å². The van der Waals surface area contributed by atoms with E-state index in [1.54, 1.807) is 0 Å². The van der Waals surface area contributed by atoms with Crippen LogP contribution < -0.4 is 5.11 Å². The van der Waals surface area contributed by atoms with Gasteiger partial charge in [-0.25, -0.2) is 4.79 Å². The monoisotopic (exact) mass is 204 g/mol. The summed E-state index contributed by atoms with van der Waals surface area (Å²) in [6.45, 7) is 0. The van der Waals surface area contributed by atoms with Gasteiger partial charge in [0.25, 0.3) is 0 Å². The summed E-state index contributed by atoms with van der Waals surface area (Å²) in [4.78, 5) is 10.5. The van der Waals surface area contributed by atoms with Crippen molar-refractivity contribution >= 4 is 12.0 Å². The molecule has 5 heteroatoms. The van der Waals surface area contributed by atoms with Gasteiger partial charge in [-0.2, -0.15) is 5.26 Å². The predicted octanol–water partition coefficient (Wildman–Crippen LogP) is 0.457. The Kier molecular flexibility index (Phi) is 2.94. The van der Waals surface area contributed by atoms with E-state index >= 15 is 0 Å². The Morgan fingerprint density at radius 3 is 2.67 bits per heavy atom. The van der Waals surface area contributed by atoms with Crippen molar-refractivity contribution < 1.29 is 20.1 Å². The Morgan fingerprint density at radius 1 is 1.53 bits per heavy atom. The number of carboxylic acid groups (broad SMARTS) is 1. The van der Waals surface area contributed by atoms with Crippen LogP contribution in [0.4, 0.5) is 0 Å². The standard InChI is InChI=1S/C10H7NO4/c11-5-7(10(14)15)3-6-1-2-8(12)9(13)4-6/h1-4,12-13H,(H,14,15)/p-1/b7-3+. The molecule has 0 spiro atoms. The lowest BCUT2D eigenvalue weighted by Crippen LogP contribution is -1.97. The summed E-state index contributed by atoms with van der Waals surface area (Å²) in [6, 6.07) is 5.00. The normalized spacial score (nSPS) is 10.7. The molecule has 0 bridgehead atoms. The third-order valence-electron chi connectivity index (χ3n) is 1.64. The summed E-state index contributed by atoms with van der Waals surface area (Å²) in [5.74, 6) is -2.39. The van der Waals surface area contributed by atoms with Crippen LogP contribution in [-0.4, -0.2) is 16.2 Å². The first kappa shape index (κ1) is 10.6. The molecule has 1 rings (SSSR count). The molecule has 0 aliphatic carbocycles. The second-order valence-electron chi connectivity index (χ2n) is 2.70. The highest BCUT2D eigenvalue weighted by atomic mass is 16.4. The highest BCUT2D eigenvalue weighted by molar-refractivity contribution is 5.96. The number of carboxylic acids is 1. The molecule has 0 saturated carbocycles. The number of phenols is 1. The van der Waals surface area contributed by atoms with Gasteiger partial charge in [-0.1, -0.05) is 17.9 Å². The highest BCUT2D eigenvalue weighted by Crippen LogP contribution is 2.23. The van der Waals surface area contributed by atoms with Crippen LogP contribution in [0.2, 0.25) is 0 Å². The van der Waals surface area contributed by atoms with Crippen LogP contribution in [-0.2, 0) is 4.79 Å². The zero-order valence-corrected chi connectivity index (χ0v) is 7.47. The Bertz CT molecular complexity index is 471. The molecule has 1 aromatic rings. The number of hydrogen-bond acceptors (Lipinski definition) is 4. The molecule has 76 valence electrons. The van der Waals surface area contributed by atoms with Gasteiger partial charge >= 0.3 is 5.97 Å². The third-order valence-corrected chi connectivity index (χ3v) is 1.64. The molecule has 15 heavy (non-hydrogen) atoms. The Morgan fingerprint density at radius 2 is 2.20 bits per heavy atom. The van der Waals surface area contributed by atoms with Crippen molar-refractivity contribution in [3.05, 3.63) is 29.3 Å². The number of hydrogen-bond donors (Lipinski definition) is 2. The minimum atomic E-state index is -1.36. The van der Waals surface area contributed by atoms with Gasteiger partial charge in [-0.15, -0.1) is 0 Å². The van der Waals surface area contributed by atoms with E-state index in [1.165, 1.54) is 12.1 Å². The summed E-state index contributed by atoms with van der Waals surface area (Å²) in [5, 5.41) is 36.9. The fourth-order valence-electron chi connectivity index (χ4n) is 0.933. The quantitative estimate of drug-likeness (QED) is 0.537. The number of aromatic hydroxyl groups is 1. The summed E-state index contributed by atoms with van der Waals surface area (Å²) in [6.07, 6.45) is 1.07. The van der Waals surface area contributed by atoms with Gasteiger partial charge in [0.05, 0.1) is 0 Å². The molecule has 0 atom stereocenters. The zero-order chi connectivity index (χ0) is 11.4. The van der Waals surface area contributed by atoms with E-state index in [2.05, 4.69) is 0 Å². The van der Waals surface area contributed by atoms with E-state index in [0.717, 1.165) is 18.2 Å². The van der Waals surface area contributed by atoms with E-state index in [-0.39, 0.29) is 5.56 Å². The average molecular weight is 204 g/mol. The summed E-state index contributed by atoms with van der Waals surface area (Å²) < 4.78 is 0. The lowest BCUT2D eigenvalue weighted by Gasteiger charge is -2.07. The first-order valence-electron chi connectivity index (χ1n) is 3.89. The number of aliphatic carboxylic acids is 1. The molecule has 0 radical (unpaired) electrons. The van der Waals surface area contributed by atoms with Crippen molar-refractivity contribution in [1.82, 2.24) is 0 Å². The summed E-state index contributed by atoms with van der Waals surface area (Å²) >= 11 is 0. The third kappa shape index (κ3) is 2.48. The molecule has 0 saturated heterocycles. The van der Waals surface area contributed by atoms with E-state index in [4.69, 9.17) is 15.5 Å². The van der Waals surface area contributed by atoms with E-state index in [0.29, 0.717) is 0 Å². The molecule has 2 N–H and O–H groups in total. The average Bonchev–Trinajstić information content (AvgIpc) is 2.19. The molecular weight excluding hydrogens is 198 g/mol. The minimum Gasteiger partial charge on any atom is -0.870 e. The van der Waals surface area contributed by atoms with Gasteiger partial charge in [0, 0.05) is 0 Å². The van der Waals surface area contributed by atoms with Gasteiger partial charge < -0.3 is 15.3 Å². The van der Waals surface area contributed by atoms with Crippen LogP contribution in [0, 0.1) is 11.3 Å². The van der Waals surface area contributed by atoms with Gasteiger partial charge in [0.15, 0.2) is 0 Å². The lowest BCUT2D eigenvalue weighted by molar-refractivity contribution is -0.270. The maximum atomic E-state index is 10.8. The van der Waals surface area contributed by atoms with Crippen molar-refractivity contribution in [3.8, 4) is 17.6 Å². The minimum absolute atomic E-state index is 0.283. The number of nitriles is 1. The predicted molar refractivity (Wildman–Crippen MR) is 48.8 cm³/mol. The molecule has 0 heterocycles. The highest BCUT2D eigenvalue weighted by Gasteiger charge is 2.05. The lowest BCUT2D eigenvalue weighted by atomic mass is 10.1. The van der Waals surface area contributed by atoms with Crippen molar-refractivity contribution in [2.45, 2.75) is 0 Å². The maximum absolute atomic E-state index is 10.8. The molecule has 0 unspecified atom stereocenters. The molecule has 5 nitrogen and oxygen atoms in total. The van der Waals surface area contributed by atoms with Crippen molar-refractivity contribution in [3.63, 3.8) is 0 Å². The fraction of sp³-hybridized carbons (Fsp3) is 0. The summed E-state index contributed by atoms with van der Waals surface area (Å²) in [7, 11) is 0. The molecule has 1 aromatic carbocycles.